The molecule has 3 N–H and O–H groups in total. The van der Waals surface area contributed by atoms with Crippen LogP contribution in [0, 0.1) is 13.8 Å². The summed E-state index contributed by atoms with van der Waals surface area (Å²) in [5.74, 6) is 0.495. The first kappa shape index (κ1) is 22.8. The third-order valence-corrected chi connectivity index (χ3v) is 6.77. The molecule has 0 aliphatic carbocycles. The highest BCUT2D eigenvalue weighted by atomic mass is 16.5. The minimum Gasteiger partial charge on any atom is -0.478 e. The van der Waals surface area contributed by atoms with E-state index in [4.69, 9.17) is 4.74 Å². The van der Waals surface area contributed by atoms with Gasteiger partial charge in [-0.05, 0) is 68.0 Å². The molecule has 0 bridgehead atoms. The third kappa shape index (κ3) is 3.87. The van der Waals surface area contributed by atoms with Crippen molar-refractivity contribution in [1.29, 1.82) is 0 Å². The monoisotopic (exact) mass is 466 g/mol. The Morgan fingerprint density at radius 2 is 1.37 bits per heavy atom. The van der Waals surface area contributed by atoms with Crippen LogP contribution < -0.4 is 15.4 Å². The summed E-state index contributed by atoms with van der Waals surface area (Å²) in [5.41, 5.74) is 7.70. The zero-order valence-corrected chi connectivity index (χ0v) is 20.5. The number of hydrogen-bond acceptors (Lipinski definition) is 4. The van der Waals surface area contributed by atoms with Gasteiger partial charge in [-0.2, -0.15) is 0 Å². The fourth-order valence-corrected chi connectivity index (χ4v) is 5.22. The van der Waals surface area contributed by atoms with Crippen molar-refractivity contribution in [1.82, 2.24) is 0 Å². The zero-order valence-electron chi connectivity index (χ0n) is 20.5. The topological polar surface area (TPSA) is 70.6 Å². The number of ether oxygens (including phenoxy) is 1. The Balaban J connectivity index is 1.84. The molecule has 0 unspecified atom stereocenters. The maximum Gasteiger partial charge on any atom is 0.336 e. The molecule has 5 heteroatoms. The van der Waals surface area contributed by atoms with Gasteiger partial charge in [0.25, 0.3) is 0 Å². The van der Waals surface area contributed by atoms with Gasteiger partial charge < -0.3 is 20.5 Å². The second-order valence-corrected chi connectivity index (χ2v) is 9.06. The van der Waals surface area contributed by atoms with Crippen LogP contribution in [0.2, 0.25) is 0 Å². The molecule has 1 heterocycles. The number of aromatic carboxylic acids is 1. The lowest BCUT2D eigenvalue weighted by Gasteiger charge is -2.32. The molecule has 5 nitrogen and oxygen atoms in total. The van der Waals surface area contributed by atoms with Gasteiger partial charge in [0.2, 0.25) is 0 Å². The predicted octanol–water partition coefficient (Wildman–Crippen LogP) is 7.30. The van der Waals surface area contributed by atoms with Gasteiger partial charge in [0.15, 0.2) is 0 Å². The number of anilines is 2. The van der Waals surface area contributed by atoms with E-state index < -0.39 is 5.97 Å². The zero-order chi connectivity index (χ0) is 24.7. The summed E-state index contributed by atoms with van der Waals surface area (Å²) in [6.45, 7) is 9.97. The third-order valence-electron chi connectivity index (χ3n) is 6.77. The number of hydrogen-bond donors (Lipinski definition) is 3. The number of benzene rings is 4. The molecule has 1 aliphatic heterocycles. The lowest BCUT2D eigenvalue weighted by atomic mass is 9.78. The van der Waals surface area contributed by atoms with E-state index in [-0.39, 0.29) is 5.92 Å². The minimum atomic E-state index is -0.923. The summed E-state index contributed by atoms with van der Waals surface area (Å²) >= 11 is 0. The van der Waals surface area contributed by atoms with Crippen molar-refractivity contribution in [3.8, 4) is 11.5 Å². The number of carbonyl (C=O) groups is 1. The first-order chi connectivity index (χ1) is 16.9. The van der Waals surface area contributed by atoms with Crippen molar-refractivity contribution in [3.63, 3.8) is 0 Å². The van der Waals surface area contributed by atoms with Gasteiger partial charge in [0.1, 0.15) is 11.5 Å². The number of carboxylic acid groups (broad SMARTS) is 1. The molecule has 0 saturated carbocycles. The van der Waals surface area contributed by atoms with Gasteiger partial charge in [-0.25, -0.2) is 4.79 Å². The molecule has 178 valence electrons. The second kappa shape index (κ2) is 8.99. The molecule has 0 radical (unpaired) electrons. The van der Waals surface area contributed by atoms with Crippen LogP contribution in [0.1, 0.15) is 57.9 Å². The van der Waals surface area contributed by atoms with Crippen LogP contribution in [0.25, 0.3) is 10.8 Å². The first-order valence-electron chi connectivity index (χ1n) is 12.1. The van der Waals surface area contributed by atoms with Crippen LogP contribution in [0.15, 0.2) is 60.7 Å². The van der Waals surface area contributed by atoms with Gasteiger partial charge >= 0.3 is 5.97 Å². The number of carboxylic acids is 1. The van der Waals surface area contributed by atoms with Crippen molar-refractivity contribution in [3.05, 3.63) is 94.0 Å². The number of aryl methyl sites for hydroxylation is 2. The van der Waals surface area contributed by atoms with Crippen LogP contribution in [0.5, 0.6) is 11.5 Å². The Labute approximate surface area is 205 Å². The maximum atomic E-state index is 12.2. The van der Waals surface area contributed by atoms with E-state index in [2.05, 4.69) is 68.7 Å². The van der Waals surface area contributed by atoms with Crippen LogP contribution in [-0.2, 0) is 0 Å². The average Bonchev–Trinajstić information content (AvgIpc) is 2.84. The van der Waals surface area contributed by atoms with E-state index in [0.29, 0.717) is 5.56 Å². The van der Waals surface area contributed by atoms with Gasteiger partial charge in [0, 0.05) is 59.0 Å². The van der Waals surface area contributed by atoms with E-state index in [1.807, 2.05) is 18.2 Å². The smallest absolute Gasteiger partial charge is 0.336 e. The summed E-state index contributed by atoms with van der Waals surface area (Å²) < 4.78 is 6.51. The fourth-order valence-electron chi connectivity index (χ4n) is 5.22. The Kier molecular flexibility index (Phi) is 5.85. The Bertz CT molecular complexity index is 1390. The minimum absolute atomic E-state index is 0.165. The fraction of sp³-hybridized carbons (Fsp3) is 0.233. The van der Waals surface area contributed by atoms with Crippen LogP contribution in [0.3, 0.4) is 0 Å². The summed E-state index contributed by atoms with van der Waals surface area (Å²) in [6.07, 6.45) is 0. The van der Waals surface area contributed by atoms with Gasteiger partial charge in [-0.1, -0.05) is 30.3 Å². The Morgan fingerprint density at radius 3 is 1.89 bits per heavy atom. The summed E-state index contributed by atoms with van der Waals surface area (Å²) in [7, 11) is 0. The largest absolute Gasteiger partial charge is 0.478 e. The quantitative estimate of drug-likeness (QED) is 0.245. The Morgan fingerprint density at radius 1 is 0.829 bits per heavy atom. The molecule has 35 heavy (non-hydrogen) atoms. The van der Waals surface area contributed by atoms with E-state index in [1.165, 1.54) is 0 Å². The van der Waals surface area contributed by atoms with E-state index >= 15 is 0 Å². The summed E-state index contributed by atoms with van der Waals surface area (Å²) in [5, 5.41) is 18.6. The molecule has 0 fully saturated rings. The lowest BCUT2D eigenvalue weighted by molar-refractivity contribution is 0.0699. The molecule has 0 aromatic heterocycles. The predicted molar refractivity (Wildman–Crippen MR) is 143 cm³/mol. The number of nitrogens with one attached hydrogen (secondary N) is 2. The van der Waals surface area contributed by atoms with Gasteiger partial charge in [-0.3, -0.25) is 0 Å². The lowest BCUT2D eigenvalue weighted by Crippen LogP contribution is -2.15. The molecule has 4 aromatic carbocycles. The standard InChI is InChI=1S/C30H30N2O3/c1-5-31-24-15-26-22(13-17(24)3)29(23-14-18(4)25(32-6-2)16-27(23)35-26)20-11-7-9-19-10-8-12-21(28(19)20)30(33)34/h7-16,29,31-32H,5-6H2,1-4H3,(H,33,34). The first-order valence-corrected chi connectivity index (χ1v) is 12.1. The van der Waals surface area contributed by atoms with E-state index in [1.54, 1.807) is 12.1 Å². The van der Waals surface area contributed by atoms with E-state index in [9.17, 15) is 9.90 Å². The molecule has 1 aliphatic rings. The van der Waals surface area contributed by atoms with Crippen molar-refractivity contribution < 1.29 is 14.6 Å². The molecule has 0 amide bonds. The SMILES string of the molecule is CCNc1cc2c(cc1C)C(c1cccc3cccc(C(=O)O)c13)c1cc(C)c(NCC)cc1O2. The number of fused-ring (bicyclic) bond motifs is 3. The van der Waals surface area contributed by atoms with Gasteiger partial charge in [-0.15, -0.1) is 0 Å². The summed E-state index contributed by atoms with van der Waals surface area (Å²) in [6, 6.07) is 20.0. The number of rotatable bonds is 6. The second-order valence-electron chi connectivity index (χ2n) is 9.06. The highest BCUT2D eigenvalue weighted by Crippen LogP contribution is 2.51. The van der Waals surface area contributed by atoms with Crippen molar-refractivity contribution in [2.24, 2.45) is 0 Å². The molecule has 0 atom stereocenters. The Hall–Kier alpha value is -3.99. The molecule has 5 rings (SSSR count). The van der Waals surface area contributed by atoms with E-state index in [0.717, 1.165) is 74.6 Å². The van der Waals surface area contributed by atoms with Crippen LogP contribution in [-0.4, -0.2) is 24.2 Å². The molecular formula is C30H30N2O3. The highest BCUT2D eigenvalue weighted by molar-refractivity contribution is 6.05. The van der Waals surface area contributed by atoms with Crippen molar-refractivity contribution in [2.75, 3.05) is 23.7 Å². The van der Waals surface area contributed by atoms with Crippen LogP contribution >= 0.6 is 0 Å². The van der Waals surface area contributed by atoms with Crippen molar-refractivity contribution in [2.45, 2.75) is 33.6 Å². The maximum absolute atomic E-state index is 12.2. The normalized spacial score (nSPS) is 12.6. The molecule has 4 aromatic rings. The molecule has 0 saturated heterocycles. The van der Waals surface area contributed by atoms with Crippen molar-refractivity contribution >= 4 is 28.1 Å². The van der Waals surface area contributed by atoms with Gasteiger partial charge in [0.05, 0.1) is 5.56 Å². The molecule has 0 spiro atoms. The summed E-state index contributed by atoms with van der Waals surface area (Å²) in [4.78, 5) is 12.2. The average molecular weight is 467 g/mol. The highest BCUT2D eigenvalue weighted by Gasteiger charge is 2.32. The van der Waals surface area contributed by atoms with Crippen LogP contribution in [0.4, 0.5) is 11.4 Å². The molecular weight excluding hydrogens is 436 g/mol.